The minimum Gasteiger partial charge on any atom is -0.497 e. The van der Waals surface area contributed by atoms with Crippen LogP contribution in [0.15, 0.2) is 64.2 Å². The topological polar surface area (TPSA) is 104 Å². The highest BCUT2D eigenvalue weighted by molar-refractivity contribution is 8.25. The predicted octanol–water partition coefficient (Wildman–Crippen LogP) is 3.16. The largest absolute Gasteiger partial charge is 0.497 e. The summed E-state index contributed by atoms with van der Waals surface area (Å²) in [7, 11) is 1.52. The molecule has 0 radical (unpaired) electrons. The maximum atomic E-state index is 12.3. The van der Waals surface area contributed by atoms with Crippen molar-refractivity contribution in [3.8, 4) is 11.5 Å². The van der Waals surface area contributed by atoms with Gasteiger partial charge in [-0.15, -0.1) is 0 Å². The number of nitrogens with one attached hydrogen (secondary N) is 1. The molecule has 2 aromatic carbocycles. The standard InChI is InChI=1S/C20H14N4O4S/c1-27-15-4-2-3-13(10-15)19(26)28-14-7-5-12(6-8-14)9-16-17(21)24-20(23-18(16)25)29-11-22-24/h2-11,21H,1H3/b16-9+,21-17?. The van der Waals surface area contributed by atoms with Crippen LogP contribution in [0.4, 0.5) is 0 Å². The molecular formula is C20H14N4O4S. The number of amides is 1. The van der Waals surface area contributed by atoms with Gasteiger partial charge in [0.15, 0.2) is 11.0 Å². The second kappa shape index (κ2) is 7.72. The first kappa shape index (κ1) is 18.6. The molecule has 2 aliphatic rings. The number of hydrogen-bond donors (Lipinski definition) is 1. The lowest BCUT2D eigenvalue weighted by Gasteiger charge is -2.20. The van der Waals surface area contributed by atoms with Crippen molar-refractivity contribution in [3.05, 3.63) is 65.2 Å². The molecule has 144 valence electrons. The van der Waals surface area contributed by atoms with Gasteiger partial charge in [0, 0.05) is 0 Å². The van der Waals surface area contributed by atoms with Crippen LogP contribution in [0.1, 0.15) is 15.9 Å². The van der Waals surface area contributed by atoms with Crippen molar-refractivity contribution in [2.24, 2.45) is 10.1 Å². The number of carbonyl (C=O) groups excluding carboxylic acids is 2. The van der Waals surface area contributed by atoms with E-state index in [0.717, 1.165) is 0 Å². The van der Waals surface area contributed by atoms with E-state index in [1.54, 1.807) is 54.6 Å². The summed E-state index contributed by atoms with van der Waals surface area (Å²) in [5.41, 5.74) is 2.69. The molecule has 1 amide bonds. The highest BCUT2D eigenvalue weighted by Gasteiger charge is 2.32. The van der Waals surface area contributed by atoms with E-state index < -0.39 is 11.9 Å². The molecule has 0 atom stereocenters. The fraction of sp³-hybridized carbons (Fsp3) is 0.0500. The number of ether oxygens (including phenoxy) is 2. The average molecular weight is 406 g/mol. The fourth-order valence-electron chi connectivity index (χ4n) is 2.65. The van der Waals surface area contributed by atoms with Crippen molar-refractivity contribution in [1.29, 1.82) is 5.41 Å². The third-order valence-corrected chi connectivity index (χ3v) is 4.78. The van der Waals surface area contributed by atoms with Crippen LogP contribution >= 0.6 is 11.8 Å². The van der Waals surface area contributed by atoms with Crippen molar-refractivity contribution in [3.63, 3.8) is 0 Å². The highest BCUT2D eigenvalue weighted by atomic mass is 32.2. The summed E-state index contributed by atoms with van der Waals surface area (Å²) < 4.78 is 10.5. The van der Waals surface area contributed by atoms with E-state index in [-0.39, 0.29) is 11.4 Å². The SMILES string of the molecule is COc1cccc(C(=O)Oc2ccc(/C=C3\C(=N)N4N=CSC4=NC3=O)cc2)c1. The zero-order chi connectivity index (χ0) is 20.4. The van der Waals surface area contributed by atoms with Crippen LogP contribution in [0.25, 0.3) is 6.08 Å². The first-order valence-corrected chi connectivity index (χ1v) is 9.32. The van der Waals surface area contributed by atoms with Gasteiger partial charge in [-0.05, 0) is 53.7 Å². The molecule has 2 aliphatic heterocycles. The van der Waals surface area contributed by atoms with Crippen LogP contribution in [0.3, 0.4) is 0 Å². The van der Waals surface area contributed by atoms with E-state index in [1.807, 2.05) is 0 Å². The number of aliphatic imine (C=N–C) groups is 1. The van der Waals surface area contributed by atoms with Gasteiger partial charge in [0.25, 0.3) is 5.91 Å². The average Bonchev–Trinajstić information content (AvgIpc) is 3.21. The van der Waals surface area contributed by atoms with Gasteiger partial charge in [-0.25, -0.2) is 4.79 Å². The fourth-order valence-corrected chi connectivity index (χ4v) is 3.26. The van der Waals surface area contributed by atoms with E-state index in [4.69, 9.17) is 14.9 Å². The van der Waals surface area contributed by atoms with Crippen LogP contribution < -0.4 is 9.47 Å². The second-order valence-electron chi connectivity index (χ2n) is 5.95. The maximum Gasteiger partial charge on any atom is 0.343 e. The quantitative estimate of drug-likeness (QED) is 0.475. The Balaban J connectivity index is 1.50. The number of hydrazone groups is 1. The maximum absolute atomic E-state index is 12.3. The zero-order valence-electron chi connectivity index (χ0n) is 15.2. The molecule has 2 aromatic rings. The molecule has 8 nitrogen and oxygen atoms in total. The van der Waals surface area contributed by atoms with E-state index in [1.165, 1.54) is 29.4 Å². The van der Waals surface area contributed by atoms with E-state index in [0.29, 0.717) is 27.8 Å². The number of thioether (sulfide) groups is 1. The first-order chi connectivity index (χ1) is 14.0. The third kappa shape index (κ3) is 3.81. The van der Waals surface area contributed by atoms with Crippen molar-refractivity contribution < 1.29 is 19.1 Å². The van der Waals surface area contributed by atoms with E-state index >= 15 is 0 Å². The van der Waals surface area contributed by atoms with E-state index in [2.05, 4.69) is 10.1 Å². The molecule has 0 unspecified atom stereocenters. The lowest BCUT2D eigenvalue weighted by molar-refractivity contribution is -0.114. The minimum atomic E-state index is -0.509. The minimum absolute atomic E-state index is 0.0326. The number of hydrogen-bond acceptors (Lipinski definition) is 7. The number of esters is 1. The zero-order valence-corrected chi connectivity index (χ0v) is 16.0. The number of methoxy groups -OCH3 is 1. The lowest BCUT2D eigenvalue weighted by atomic mass is 10.1. The Labute approximate surface area is 170 Å². The molecule has 0 fully saturated rings. The summed E-state index contributed by atoms with van der Waals surface area (Å²) in [6.45, 7) is 0. The van der Waals surface area contributed by atoms with Crippen molar-refractivity contribution in [2.45, 2.75) is 0 Å². The Morgan fingerprint density at radius 3 is 2.72 bits per heavy atom. The van der Waals surface area contributed by atoms with Gasteiger partial charge in [0.1, 0.15) is 11.5 Å². The van der Waals surface area contributed by atoms with Crippen molar-refractivity contribution >= 4 is 46.3 Å². The summed E-state index contributed by atoms with van der Waals surface area (Å²) in [4.78, 5) is 28.4. The highest BCUT2D eigenvalue weighted by Crippen LogP contribution is 2.25. The molecule has 2 heterocycles. The monoisotopic (exact) mass is 406 g/mol. The summed E-state index contributed by atoms with van der Waals surface area (Å²) in [6.07, 6.45) is 1.55. The Bertz CT molecular complexity index is 1110. The third-order valence-electron chi connectivity index (χ3n) is 4.10. The molecule has 9 heteroatoms. The Kier molecular flexibility index (Phi) is 4.96. The molecule has 0 spiro atoms. The van der Waals surface area contributed by atoms with Crippen LogP contribution in [0, 0.1) is 5.41 Å². The van der Waals surface area contributed by atoms with Gasteiger partial charge in [0.05, 0.1) is 23.8 Å². The van der Waals surface area contributed by atoms with Gasteiger partial charge in [-0.1, -0.05) is 18.2 Å². The molecule has 0 saturated heterocycles. The summed E-state index contributed by atoms with van der Waals surface area (Å²) in [5, 5.41) is 13.9. The summed E-state index contributed by atoms with van der Waals surface area (Å²) >= 11 is 1.19. The number of carbonyl (C=O) groups is 2. The molecular weight excluding hydrogens is 392 g/mol. The van der Waals surface area contributed by atoms with Crippen molar-refractivity contribution in [1.82, 2.24) is 5.01 Å². The molecule has 0 saturated carbocycles. The Hall–Kier alpha value is -3.72. The normalized spacial score (nSPS) is 16.7. The van der Waals surface area contributed by atoms with Gasteiger partial charge < -0.3 is 9.47 Å². The predicted molar refractivity (Wildman–Crippen MR) is 110 cm³/mol. The Morgan fingerprint density at radius 2 is 1.97 bits per heavy atom. The molecule has 29 heavy (non-hydrogen) atoms. The van der Waals surface area contributed by atoms with Gasteiger partial charge >= 0.3 is 5.97 Å². The molecule has 0 aromatic heterocycles. The Morgan fingerprint density at radius 1 is 1.17 bits per heavy atom. The van der Waals surface area contributed by atoms with Crippen LogP contribution in [-0.4, -0.2) is 40.5 Å². The molecule has 1 N–H and O–H groups in total. The number of fused-ring (bicyclic) bond motifs is 1. The summed E-state index contributed by atoms with van der Waals surface area (Å²) in [5.74, 6) is -0.119. The number of benzene rings is 2. The lowest BCUT2D eigenvalue weighted by Crippen LogP contribution is -2.35. The molecule has 0 aliphatic carbocycles. The molecule has 0 bridgehead atoms. The van der Waals surface area contributed by atoms with Gasteiger partial charge in [0.2, 0.25) is 0 Å². The van der Waals surface area contributed by atoms with Crippen LogP contribution in [0.5, 0.6) is 11.5 Å². The van der Waals surface area contributed by atoms with E-state index in [9.17, 15) is 9.59 Å². The van der Waals surface area contributed by atoms with Crippen LogP contribution in [0.2, 0.25) is 0 Å². The van der Waals surface area contributed by atoms with Gasteiger partial charge in [-0.2, -0.15) is 15.1 Å². The van der Waals surface area contributed by atoms with Crippen molar-refractivity contribution in [2.75, 3.05) is 7.11 Å². The summed E-state index contributed by atoms with van der Waals surface area (Å²) in [6, 6.07) is 13.3. The van der Waals surface area contributed by atoms with Gasteiger partial charge in [-0.3, -0.25) is 10.2 Å². The number of amidine groups is 2. The molecule has 4 rings (SSSR count). The van der Waals surface area contributed by atoms with Crippen LogP contribution in [-0.2, 0) is 4.79 Å². The number of rotatable bonds is 4. The number of nitrogens with zero attached hydrogens (tertiary/aromatic N) is 3. The second-order valence-corrected chi connectivity index (χ2v) is 6.76. The smallest absolute Gasteiger partial charge is 0.343 e. The first-order valence-electron chi connectivity index (χ1n) is 8.44.